The molecule has 27 heavy (non-hydrogen) atoms. The molecule has 0 spiro atoms. The van der Waals surface area contributed by atoms with E-state index in [1.807, 2.05) is 6.92 Å². The SMILES string of the molecule is C=CNCCC(CC(C)CC)N(CC)c1cc(F)cc(C=O)c1C.COC. The van der Waals surface area contributed by atoms with Crippen LogP contribution in [0, 0.1) is 18.7 Å². The Bertz CT molecular complexity index is 563. The third kappa shape index (κ3) is 8.57. The molecular weight excluding hydrogens is 343 g/mol. The lowest BCUT2D eigenvalue weighted by molar-refractivity contribution is 0.112. The smallest absolute Gasteiger partial charge is 0.150 e. The quantitative estimate of drug-likeness (QED) is 0.435. The molecular formula is C22H37FN2O2. The molecule has 154 valence electrons. The van der Waals surface area contributed by atoms with Crippen LogP contribution in [0.25, 0.3) is 0 Å². The molecule has 4 nitrogen and oxygen atoms in total. The van der Waals surface area contributed by atoms with E-state index in [9.17, 15) is 9.18 Å². The van der Waals surface area contributed by atoms with Crippen molar-refractivity contribution in [3.63, 3.8) is 0 Å². The normalized spacial score (nSPS) is 12.4. The van der Waals surface area contributed by atoms with E-state index in [1.54, 1.807) is 26.5 Å². The lowest BCUT2D eigenvalue weighted by atomic mass is 9.94. The van der Waals surface area contributed by atoms with Gasteiger partial charge in [0.05, 0.1) is 0 Å². The van der Waals surface area contributed by atoms with Gasteiger partial charge in [0.25, 0.3) is 0 Å². The number of carbonyl (C=O) groups is 1. The summed E-state index contributed by atoms with van der Waals surface area (Å²) in [5.74, 6) is 0.231. The number of halogens is 1. The molecule has 0 aliphatic carbocycles. The van der Waals surface area contributed by atoms with E-state index >= 15 is 0 Å². The van der Waals surface area contributed by atoms with Gasteiger partial charge >= 0.3 is 0 Å². The minimum Gasteiger partial charge on any atom is -0.391 e. The van der Waals surface area contributed by atoms with Gasteiger partial charge in [-0.3, -0.25) is 4.79 Å². The molecule has 0 radical (unpaired) electrons. The number of carbonyl (C=O) groups excluding carboxylic acids is 1. The van der Waals surface area contributed by atoms with Crippen LogP contribution >= 0.6 is 0 Å². The molecule has 0 aromatic heterocycles. The van der Waals surface area contributed by atoms with E-state index in [0.29, 0.717) is 11.5 Å². The molecule has 1 N–H and O–H groups in total. The number of nitrogens with zero attached hydrogens (tertiary/aromatic N) is 1. The van der Waals surface area contributed by atoms with Crippen LogP contribution in [0.3, 0.4) is 0 Å². The first-order valence-electron chi connectivity index (χ1n) is 9.66. The first kappa shape index (κ1) is 25.1. The molecule has 0 bridgehead atoms. The van der Waals surface area contributed by atoms with E-state index in [4.69, 9.17) is 0 Å². The van der Waals surface area contributed by atoms with Gasteiger partial charge in [0.2, 0.25) is 0 Å². The number of benzene rings is 1. The summed E-state index contributed by atoms with van der Waals surface area (Å²) in [5, 5.41) is 3.16. The number of rotatable bonds is 11. The van der Waals surface area contributed by atoms with Crippen molar-refractivity contribution in [1.82, 2.24) is 5.32 Å². The van der Waals surface area contributed by atoms with E-state index < -0.39 is 0 Å². The third-order valence-electron chi connectivity index (χ3n) is 4.74. The van der Waals surface area contributed by atoms with Crippen LogP contribution in [0.5, 0.6) is 0 Å². The first-order chi connectivity index (χ1) is 12.9. The highest BCUT2D eigenvalue weighted by molar-refractivity contribution is 5.81. The highest BCUT2D eigenvalue weighted by Gasteiger charge is 2.22. The summed E-state index contributed by atoms with van der Waals surface area (Å²) in [6, 6.07) is 3.15. The van der Waals surface area contributed by atoms with Crippen LogP contribution in [-0.2, 0) is 4.74 Å². The van der Waals surface area contributed by atoms with Crippen LogP contribution in [0.2, 0.25) is 0 Å². The molecule has 0 aliphatic rings. The first-order valence-corrected chi connectivity index (χ1v) is 9.66. The second-order valence-electron chi connectivity index (χ2n) is 6.80. The second-order valence-corrected chi connectivity index (χ2v) is 6.80. The van der Waals surface area contributed by atoms with E-state index in [0.717, 1.165) is 49.9 Å². The molecule has 0 saturated heterocycles. The van der Waals surface area contributed by atoms with E-state index in [-0.39, 0.29) is 11.9 Å². The molecule has 0 aliphatic heterocycles. The Labute approximate surface area is 164 Å². The predicted molar refractivity (Wildman–Crippen MR) is 113 cm³/mol. The number of hydrogen-bond donors (Lipinski definition) is 1. The summed E-state index contributed by atoms with van der Waals surface area (Å²) in [7, 11) is 3.25. The molecule has 0 saturated carbocycles. The van der Waals surface area contributed by atoms with Crippen molar-refractivity contribution in [2.75, 3.05) is 32.2 Å². The van der Waals surface area contributed by atoms with Gasteiger partial charge in [-0.15, -0.1) is 0 Å². The Balaban J connectivity index is 0.00000210. The van der Waals surface area contributed by atoms with Crippen LogP contribution in [-0.4, -0.2) is 39.6 Å². The van der Waals surface area contributed by atoms with Crippen molar-refractivity contribution >= 4 is 12.0 Å². The maximum atomic E-state index is 14.0. The van der Waals surface area contributed by atoms with Gasteiger partial charge in [-0.2, -0.15) is 0 Å². The van der Waals surface area contributed by atoms with Gasteiger partial charge in [0.15, 0.2) is 0 Å². The minimum absolute atomic E-state index is 0.289. The van der Waals surface area contributed by atoms with Gasteiger partial charge in [-0.05, 0) is 56.5 Å². The van der Waals surface area contributed by atoms with Gasteiger partial charge in [0, 0.05) is 44.6 Å². The Morgan fingerprint density at radius 1 is 1.33 bits per heavy atom. The number of ether oxygens (including phenoxy) is 1. The standard InChI is InChI=1S/C20H31FN2O.C2H6O/c1-6-15(4)11-19(9-10-22-7-2)23(8-3)20-13-18(21)12-17(14-24)16(20)5;1-3-2/h7,12-15,19,22H,2,6,8-11H2,1,3-5H3;1-2H3. The molecule has 1 aromatic carbocycles. The largest absolute Gasteiger partial charge is 0.391 e. The summed E-state index contributed by atoms with van der Waals surface area (Å²) < 4.78 is 18.2. The maximum Gasteiger partial charge on any atom is 0.150 e. The average molecular weight is 381 g/mol. The zero-order valence-corrected chi connectivity index (χ0v) is 17.8. The van der Waals surface area contributed by atoms with Crippen molar-refractivity contribution in [3.05, 3.63) is 41.9 Å². The van der Waals surface area contributed by atoms with E-state index in [2.05, 4.69) is 42.3 Å². The number of methoxy groups -OCH3 is 1. The third-order valence-corrected chi connectivity index (χ3v) is 4.74. The Kier molecular flexibility index (Phi) is 13.2. The number of anilines is 1. The van der Waals surface area contributed by atoms with Gasteiger partial charge in [0.1, 0.15) is 12.1 Å². The zero-order valence-electron chi connectivity index (χ0n) is 17.8. The van der Waals surface area contributed by atoms with Crippen LogP contribution in [0.4, 0.5) is 10.1 Å². The highest BCUT2D eigenvalue weighted by atomic mass is 19.1. The summed E-state index contributed by atoms with van der Waals surface area (Å²) in [4.78, 5) is 13.5. The van der Waals surface area contributed by atoms with Gasteiger partial charge < -0.3 is 15.0 Å². The lowest BCUT2D eigenvalue weighted by Crippen LogP contribution is -2.39. The number of hydrogen-bond acceptors (Lipinski definition) is 4. The van der Waals surface area contributed by atoms with Crippen LogP contribution in [0.1, 0.15) is 56.0 Å². The van der Waals surface area contributed by atoms with Gasteiger partial charge in [-0.25, -0.2) is 4.39 Å². The fourth-order valence-electron chi connectivity index (χ4n) is 3.12. The van der Waals surface area contributed by atoms with Crippen LogP contribution in [0.15, 0.2) is 24.9 Å². The van der Waals surface area contributed by atoms with Crippen molar-refractivity contribution in [2.24, 2.45) is 5.92 Å². The summed E-state index contributed by atoms with van der Waals surface area (Å²) >= 11 is 0. The highest BCUT2D eigenvalue weighted by Crippen LogP contribution is 2.29. The Hall–Kier alpha value is -1.88. The summed E-state index contributed by atoms with van der Waals surface area (Å²) in [6.07, 6.45) is 5.53. The molecule has 1 rings (SSSR count). The number of nitrogens with one attached hydrogen (secondary N) is 1. The fourth-order valence-corrected chi connectivity index (χ4v) is 3.12. The lowest BCUT2D eigenvalue weighted by Gasteiger charge is -2.36. The van der Waals surface area contributed by atoms with Crippen molar-refractivity contribution in [3.8, 4) is 0 Å². The molecule has 2 unspecified atom stereocenters. The molecule has 0 fully saturated rings. The van der Waals surface area contributed by atoms with Crippen molar-refractivity contribution in [2.45, 2.75) is 53.0 Å². The summed E-state index contributed by atoms with van der Waals surface area (Å²) in [6.45, 7) is 13.7. The second kappa shape index (κ2) is 14.2. The molecule has 0 heterocycles. The fraction of sp³-hybridized carbons (Fsp3) is 0.591. The number of aldehydes is 1. The Morgan fingerprint density at radius 3 is 2.44 bits per heavy atom. The molecule has 0 amide bonds. The molecule has 2 atom stereocenters. The van der Waals surface area contributed by atoms with Crippen molar-refractivity contribution in [1.29, 1.82) is 0 Å². The Morgan fingerprint density at radius 2 is 1.96 bits per heavy atom. The molecule has 1 aromatic rings. The van der Waals surface area contributed by atoms with Crippen LogP contribution < -0.4 is 10.2 Å². The topological polar surface area (TPSA) is 41.6 Å². The average Bonchev–Trinajstić information content (AvgIpc) is 2.65. The predicted octanol–water partition coefficient (Wildman–Crippen LogP) is 4.96. The zero-order chi connectivity index (χ0) is 20.8. The van der Waals surface area contributed by atoms with Gasteiger partial charge in [-0.1, -0.05) is 26.8 Å². The monoisotopic (exact) mass is 380 g/mol. The summed E-state index contributed by atoms with van der Waals surface area (Å²) in [5.41, 5.74) is 2.10. The molecule has 5 heteroatoms. The minimum atomic E-state index is -0.359. The van der Waals surface area contributed by atoms with Crippen molar-refractivity contribution < 1.29 is 13.9 Å². The van der Waals surface area contributed by atoms with E-state index in [1.165, 1.54) is 6.07 Å². The maximum absolute atomic E-state index is 14.0.